The van der Waals surface area contributed by atoms with Crippen LogP contribution in [0.4, 0.5) is 5.00 Å². The fourth-order valence-electron chi connectivity index (χ4n) is 3.56. The van der Waals surface area contributed by atoms with Gasteiger partial charge >= 0.3 is 5.97 Å². The molecule has 1 atom stereocenters. The standard InChI is InChI=1S/C21H27N3O5S2/c1-13(2)24-11-10-16-17(12-24)30-20(18(16)21(26)29-5)22-19(25)14-6-8-15(9-7-14)31(27,28)23(3)4/h6-9,13H,10-12H2,1-5H3,(H,22,25)/p+1. The molecule has 0 saturated heterocycles. The number of rotatable bonds is 6. The summed E-state index contributed by atoms with van der Waals surface area (Å²) in [7, 11) is 0.655. The minimum absolute atomic E-state index is 0.104. The molecule has 0 spiro atoms. The van der Waals surface area contributed by atoms with Crippen molar-refractivity contribution in [1.29, 1.82) is 0 Å². The zero-order valence-electron chi connectivity index (χ0n) is 18.3. The lowest BCUT2D eigenvalue weighted by molar-refractivity contribution is -0.936. The summed E-state index contributed by atoms with van der Waals surface area (Å²) in [5.74, 6) is -0.876. The Labute approximate surface area is 186 Å². The maximum absolute atomic E-state index is 12.8. The molecule has 2 N–H and O–H groups in total. The molecule has 1 aliphatic heterocycles. The summed E-state index contributed by atoms with van der Waals surface area (Å²) in [6.07, 6.45) is 0.747. The van der Waals surface area contributed by atoms with E-state index in [0.29, 0.717) is 22.2 Å². The number of thiophene rings is 1. The topological polar surface area (TPSA) is 97.2 Å². The number of hydrogen-bond acceptors (Lipinski definition) is 6. The number of amides is 1. The van der Waals surface area contributed by atoms with Gasteiger partial charge in [-0.25, -0.2) is 17.5 Å². The Bertz CT molecular complexity index is 1090. The van der Waals surface area contributed by atoms with Crippen LogP contribution in [0.5, 0.6) is 0 Å². The molecule has 168 valence electrons. The highest BCUT2D eigenvalue weighted by molar-refractivity contribution is 7.89. The average molecular weight is 467 g/mol. The van der Waals surface area contributed by atoms with Crippen molar-refractivity contribution in [2.75, 3.05) is 33.1 Å². The van der Waals surface area contributed by atoms with Crippen molar-refractivity contribution in [2.24, 2.45) is 0 Å². The second-order valence-corrected chi connectivity index (χ2v) is 11.2. The van der Waals surface area contributed by atoms with Gasteiger partial charge in [0.2, 0.25) is 10.0 Å². The number of hydrogen-bond donors (Lipinski definition) is 2. The van der Waals surface area contributed by atoms with E-state index in [2.05, 4.69) is 19.2 Å². The van der Waals surface area contributed by atoms with Gasteiger partial charge in [0, 0.05) is 26.1 Å². The van der Waals surface area contributed by atoms with Crippen molar-refractivity contribution in [2.45, 2.75) is 37.8 Å². The van der Waals surface area contributed by atoms with Gasteiger partial charge in [0.15, 0.2) is 0 Å². The summed E-state index contributed by atoms with van der Waals surface area (Å²) in [6, 6.07) is 6.18. The van der Waals surface area contributed by atoms with Gasteiger partial charge in [0.1, 0.15) is 11.5 Å². The molecule has 0 saturated carbocycles. The van der Waals surface area contributed by atoms with Crippen LogP contribution in [-0.4, -0.2) is 58.4 Å². The Kier molecular flexibility index (Phi) is 6.85. The zero-order chi connectivity index (χ0) is 22.9. The Hall–Kier alpha value is -2.27. The van der Waals surface area contributed by atoms with Crippen LogP contribution in [0.1, 0.15) is 45.0 Å². The lowest BCUT2D eigenvalue weighted by atomic mass is 10.0. The molecule has 1 aromatic carbocycles. The van der Waals surface area contributed by atoms with Crippen molar-refractivity contribution in [1.82, 2.24) is 4.31 Å². The van der Waals surface area contributed by atoms with Crippen LogP contribution in [0, 0.1) is 0 Å². The molecule has 1 aliphatic rings. The van der Waals surface area contributed by atoms with E-state index in [1.54, 1.807) is 0 Å². The number of anilines is 1. The number of quaternary nitrogens is 1. The number of carbonyl (C=O) groups excluding carboxylic acids is 2. The van der Waals surface area contributed by atoms with E-state index >= 15 is 0 Å². The molecule has 2 heterocycles. The molecule has 0 bridgehead atoms. The fraction of sp³-hybridized carbons (Fsp3) is 0.429. The van der Waals surface area contributed by atoms with Gasteiger partial charge in [-0.1, -0.05) is 0 Å². The highest BCUT2D eigenvalue weighted by Gasteiger charge is 2.32. The highest BCUT2D eigenvalue weighted by atomic mass is 32.2. The number of carbonyl (C=O) groups is 2. The number of benzene rings is 1. The first-order chi connectivity index (χ1) is 14.6. The fourth-order valence-corrected chi connectivity index (χ4v) is 5.75. The third-order valence-corrected chi connectivity index (χ3v) is 8.48. The van der Waals surface area contributed by atoms with Gasteiger partial charge in [0.25, 0.3) is 5.91 Å². The van der Waals surface area contributed by atoms with Crippen LogP contribution in [0.3, 0.4) is 0 Å². The predicted octanol–water partition coefficient (Wildman–Crippen LogP) is 1.39. The molecule has 0 radical (unpaired) electrons. The number of nitrogens with zero attached hydrogens (tertiary/aromatic N) is 1. The summed E-state index contributed by atoms with van der Waals surface area (Å²) in [6.45, 7) is 6.05. The predicted molar refractivity (Wildman–Crippen MR) is 119 cm³/mol. The molecule has 1 unspecified atom stereocenters. The van der Waals surface area contributed by atoms with E-state index < -0.39 is 21.9 Å². The van der Waals surface area contributed by atoms with Crippen LogP contribution in [0.25, 0.3) is 0 Å². The van der Waals surface area contributed by atoms with Crippen molar-refractivity contribution in [3.63, 3.8) is 0 Å². The molecule has 3 rings (SSSR count). The number of nitrogens with one attached hydrogen (secondary N) is 2. The lowest BCUT2D eigenvalue weighted by Crippen LogP contribution is -3.14. The smallest absolute Gasteiger partial charge is 0.341 e. The maximum atomic E-state index is 12.8. The molecule has 2 aromatic rings. The summed E-state index contributed by atoms with van der Waals surface area (Å²) in [5.41, 5.74) is 1.67. The first kappa shape index (κ1) is 23.4. The van der Waals surface area contributed by atoms with E-state index in [1.807, 2.05) is 0 Å². The molecule has 1 aromatic heterocycles. The monoisotopic (exact) mass is 466 g/mol. The van der Waals surface area contributed by atoms with Crippen molar-refractivity contribution >= 4 is 38.2 Å². The van der Waals surface area contributed by atoms with Gasteiger partial charge in [0.05, 0.1) is 35.0 Å². The Morgan fingerprint density at radius 3 is 2.39 bits per heavy atom. The normalized spacial score (nSPS) is 16.3. The van der Waals surface area contributed by atoms with Crippen molar-refractivity contribution in [3.05, 3.63) is 45.8 Å². The number of methoxy groups -OCH3 is 1. The number of esters is 1. The van der Waals surface area contributed by atoms with Crippen LogP contribution >= 0.6 is 11.3 Å². The maximum Gasteiger partial charge on any atom is 0.341 e. The number of sulfonamides is 1. The molecule has 1 amide bonds. The summed E-state index contributed by atoms with van der Waals surface area (Å²) < 4.78 is 30.5. The minimum atomic E-state index is -3.57. The van der Waals surface area contributed by atoms with Crippen LogP contribution in [0.2, 0.25) is 0 Å². The minimum Gasteiger partial charge on any atom is -0.465 e. The van der Waals surface area contributed by atoms with Crippen molar-refractivity contribution in [3.8, 4) is 0 Å². The summed E-state index contributed by atoms with van der Waals surface area (Å²) in [5, 5.41) is 3.30. The van der Waals surface area contributed by atoms with Gasteiger partial charge < -0.3 is 15.0 Å². The summed E-state index contributed by atoms with van der Waals surface area (Å²) in [4.78, 5) is 27.9. The SMILES string of the molecule is COC(=O)c1c(NC(=O)c2ccc(S(=O)(=O)N(C)C)cc2)sc2c1CC[NH+](C(C)C)C2. The van der Waals surface area contributed by atoms with Crippen molar-refractivity contribution < 1.29 is 27.6 Å². The Morgan fingerprint density at radius 1 is 1.19 bits per heavy atom. The third kappa shape index (κ3) is 4.67. The number of ether oxygens (including phenoxy) is 1. The van der Waals surface area contributed by atoms with E-state index in [9.17, 15) is 18.0 Å². The Morgan fingerprint density at radius 2 is 1.84 bits per heavy atom. The van der Waals surface area contributed by atoms with E-state index in [1.165, 1.54) is 61.7 Å². The second kappa shape index (κ2) is 9.07. The van der Waals surface area contributed by atoms with Gasteiger partial charge in [-0.15, -0.1) is 11.3 Å². The first-order valence-electron chi connectivity index (χ1n) is 9.97. The molecule has 31 heavy (non-hydrogen) atoms. The van der Waals surface area contributed by atoms with E-state index in [0.717, 1.165) is 34.3 Å². The largest absolute Gasteiger partial charge is 0.465 e. The highest BCUT2D eigenvalue weighted by Crippen LogP contribution is 2.35. The quantitative estimate of drug-likeness (QED) is 0.627. The van der Waals surface area contributed by atoms with Gasteiger partial charge in [-0.2, -0.15) is 0 Å². The van der Waals surface area contributed by atoms with Crippen LogP contribution in [-0.2, 0) is 27.7 Å². The van der Waals surface area contributed by atoms with E-state index in [-0.39, 0.29) is 4.90 Å². The average Bonchev–Trinajstić information content (AvgIpc) is 3.09. The van der Waals surface area contributed by atoms with Gasteiger partial charge in [-0.05, 0) is 43.7 Å². The van der Waals surface area contributed by atoms with E-state index in [4.69, 9.17) is 4.74 Å². The molecule has 0 fully saturated rings. The Balaban J connectivity index is 1.88. The summed E-state index contributed by atoms with van der Waals surface area (Å²) >= 11 is 1.40. The van der Waals surface area contributed by atoms with Crippen LogP contribution in [0.15, 0.2) is 29.2 Å². The molecular formula is C21H28N3O5S2+. The zero-order valence-corrected chi connectivity index (χ0v) is 19.9. The molecule has 10 heteroatoms. The number of fused-ring (bicyclic) bond motifs is 1. The molecule has 8 nitrogen and oxygen atoms in total. The van der Waals surface area contributed by atoms with Crippen LogP contribution < -0.4 is 10.2 Å². The molecule has 0 aliphatic carbocycles. The van der Waals surface area contributed by atoms with Gasteiger partial charge in [-0.3, -0.25) is 4.79 Å². The molecular weight excluding hydrogens is 438 g/mol. The lowest BCUT2D eigenvalue weighted by Gasteiger charge is -2.27. The first-order valence-corrected chi connectivity index (χ1v) is 12.2. The second-order valence-electron chi connectivity index (χ2n) is 7.96. The third-order valence-electron chi connectivity index (χ3n) is 5.50.